The van der Waals surface area contributed by atoms with Crippen LogP contribution in [0.1, 0.15) is 26.7 Å². The van der Waals surface area contributed by atoms with Crippen molar-refractivity contribution in [1.29, 1.82) is 0 Å². The number of benzene rings is 1. The molecule has 0 aromatic heterocycles. The molecule has 1 aromatic carbocycles. The molecule has 1 fully saturated rings. The minimum atomic E-state index is -3.78. The average Bonchev–Trinajstić information content (AvgIpc) is 3.05. The summed E-state index contributed by atoms with van der Waals surface area (Å²) in [5, 5.41) is 0. The molecule has 6 nitrogen and oxygen atoms in total. The number of hydrogen-bond donors (Lipinski definition) is 1. The zero-order chi connectivity index (χ0) is 18.6. The Morgan fingerprint density at radius 1 is 1.36 bits per heavy atom. The molecule has 25 heavy (non-hydrogen) atoms. The van der Waals surface area contributed by atoms with Gasteiger partial charge in [-0.05, 0) is 43.0 Å². The first-order valence-corrected chi connectivity index (χ1v) is 10.6. The lowest BCUT2D eigenvalue weighted by Crippen LogP contribution is -2.51. The third kappa shape index (κ3) is 5.51. The zero-order valence-corrected chi connectivity index (χ0v) is 17.1. The summed E-state index contributed by atoms with van der Waals surface area (Å²) < 4.78 is 34.1. The van der Waals surface area contributed by atoms with Crippen LogP contribution in [0.4, 0.5) is 0 Å². The summed E-state index contributed by atoms with van der Waals surface area (Å²) >= 11 is 3.28. The lowest BCUT2D eigenvalue weighted by molar-refractivity contribution is -0.134. The number of carbonyl (C=O) groups excluding carboxylic acids is 1. The van der Waals surface area contributed by atoms with Crippen LogP contribution in [-0.4, -0.2) is 51.6 Å². The number of likely N-dealkylation sites (N-methyl/N-ethyl adjacent to an activating group) is 1. The number of rotatable bonds is 7. The minimum absolute atomic E-state index is 0.0323. The Morgan fingerprint density at radius 3 is 2.52 bits per heavy atom. The monoisotopic (exact) mass is 432 g/mol. The third-order valence-electron chi connectivity index (χ3n) is 4.22. The number of sulfonamides is 1. The van der Waals surface area contributed by atoms with E-state index in [1.165, 1.54) is 12.1 Å². The van der Waals surface area contributed by atoms with Crippen LogP contribution in [0.3, 0.4) is 0 Å². The SMILES string of the molecule is CC(C)[C@H](NS(=O)(=O)c1ccc(Br)cc1)C(=O)N(C)CC1CCCO1. The number of ether oxygens (including phenoxy) is 1. The molecular weight excluding hydrogens is 408 g/mol. The average molecular weight is 433 g/mol. The molecule has 1 heterocycles. The van der Waals surface area contributed by atoms with E-state index in [1.54, 1.807) is 24.1 Å². The number of amides is 1. The second-order valence-electron chi connectivity index (χ2n) is 6.65. The molecule has 0 aliphatic carbocycles. The molecule has 0 radical (unpaired) electrons. The third-order valence-corrected chi connectivity index (χ3v) is 6.20. The van der Waals surface area contributed by atoms with Gasteiger partial charge < -0.3 is 9.64 Å². The van der Waals surface area contributed by atoms with Gasteiger partial charge in [0.1, 0.15) is 6.04 Å². The fourth-order valence-corrected chi connectivity index (χ4v) is 4.34. The van der Waals surface area contributed by atoms with Crippen LogP contribution < -0.4 is 4.72 Å². The van der Waals surface area contributed by atoms with E-state index in [4.69, 9.17) is 4.74 Å². The standard InChI is InChI=1S/C17H25BrN2O4S/c1-12(2)16(17(21)20(3)11-14-5-4-10-24-14)19-25(22,23)15-8-6-13(18)7-9-15/h6-9,12,14,16,19H,4-5,10-11H2,1-3H3/t14?,16-/m0/s1. The van der Waals surface area contributed by atoms with Gasteiger partial charge in [-0.3, -0.25) is 4.79 Å². The van der Waals surface area contributed by atoms with Crippen molar-refractivity contribution >= 4 is 31.9 Å². The first kappa shape index (κ1) is 20.4. The first-order valence-electron chi connectivity index (χ1n) is 8.35. The van der Waals surface area contributed by atoms with Gasteiger partial charge in [0.25, 0.3) is 0 Å². The van der Waals surface area contributed by atoms with Crippen molar-refractivity contribution in [2.45, 2.75) is 43.7 Å². The molecule has 0 saturated carbocycles. The summed E-state index contributed by atoms with van der Waals surface area (Å²) in [4.78, 5) is 14.5. The van der Waals surface area contributed by atoms with Gasteiger partial charge in [0.15, 0.2) is 0 Å². The van der Waals surface area contributed by atoms with Crippen LogP contribution >= 0.6 is 15.9 Å². The van der Waals surface area contributed by atoms with E-state index in [9.17, 15) is 13.2 Å². The van der Waals surface area contributed by atoms with Crippen LogP contribution in [0, 0.1) is 5.92 Å². The number of hydrogen-bond acceptors (Lipinski definition) is 4. The molecule has 2 rings (SSSR count). The predicted molar refractivity (Wildman–Crippen MR) is 99.7 cm³/mol. The predicted octanol–water partition coefficient (Wildman–Crippen LogP) is 2.39. The number of nitrogens with one attached hydrogen (secondary N) is 1. The quantitative estimate of drug-likeness (QED) is 0.717. The van der Waals surface area contributed by atoms with Gasteiger partial charge in [-0.1, -0.05) is 29.8 Å². The highest BCUT2D eigenvalue weighted by molar-refractivity contribution is 9.10. The smallest absolute Gasteiger partial charge is 0.241 e. The minimum Gasteiger partial charge on any atom is -0.376 e. The van der Waals surface area contributed by atoms with Crippen LogP contribution in [0.15, 0.2) is 33.6 Å². The number of carbonyl (C=O) groups is 1. The van der Waals surface area contributed by atoms with Gasteiger partial charge in [-0.25, -0.2) is 8.42 Å². The van der Waals surface area contributed by atoms with Crippen molar-refractivity contribution in [2.24, 2.45) is 5.92 Å². The Hall–Kier alpha value is -0.960. The van der Waals surface area contributed by atoms with E-state index in [0.29, 0.717) is 6.54 Å². The molecule has 1 unspecified atom stereocenters. The van der Waals surface area contributed by atoms with E-state index in [-0.39, 0.29) is 22.8 Å². The molecule has 1 aromatic rings. The molecule has 1 amide bonds. The Labute approximate surface area is 158 Å². The zero-order valence-electron chi connectivity index (χ0n) is 14.7. The first-order chi connectivity index (χ1) is 11.7. The van der Waals surface area contributed by atoms with E-state index in [0.717, 1.165) is 23.9 Å². The molecule has 1 aliphatic heterocycles. The van der Waals surface area contributed by atoms with Crippen molar-refractivity contribution in [3.63, 3.8) is 0 Å². The molecule has 2 atom stereocenters. The molecule has 0 spiro atoms. The second kappa shape index (κ2) is 8.62. The lowest BCUT2D eigenvalue weighted by atomic mass is 10.0. The Kier molecular flexibility index (Phi) is 7.01. The van der Waals surface area contributed by atoms with Crippen LogP contribution in [0.2, 0.25) is 0 Å². The Bertz CT molecular complexity index is 685. The van der Waals surface area contributed by atoms with E-state index in [2.05, 4.69) is 20.7 Å². The molecule has 140 valence electrons. The largest absolute Gasteiger partial charge is 0.376 e. The molecular formula is C17H25BrN2O4S. The van der Waals surface area contributed by atoms with Crippen molar-refractivity contribution in [2.75, 3.05) is 20.2 Å². The summed E-state index contributed by atoms with van der Waals surface area (Å²) in [5.41, 5.74) is 0. The summed E-state index contributed by atoms with van der Waals surface area (Å²) in [6.07, 6.45) is 1.95. The van der Waals surface area contributed by atoms with Crippen LogP contribution in [-0.2, 0) is 19.6 Å². The Morgan fingerprint density at radius 2 is 2.00 bits per heavy atom. The number of halogens is 1. The van der Waals surface area contributed by atoms with Gasteiger partial charge in [-0.15, -0.1) is 0 Å². The highest BCUT2D eigenvalue weighted by atomic mass is 79.9. The molecule has 1 aliphatic rings. The summed E-state index contributed by atoms with van der Waals surface area (Å²) in [6, 6.07) is 5.50. The highest BCUT2D eigenvalue weighted by Gasteiger charge is 2.31. The van der Waals surface area contributed by atoms with E-state index in [1.807, 2.05) is 13.8 Å². The summed E-state index contributed by atoms with van der Waals surface area (Å²) in [6.45, 7) is 4.84. The van der Waals surface area contributed by atoms with Crippen molar-refractivity contribution in [3.05, 3.63) is 28.7 Å². The molecule has 1 saturated heterocycles. The maximum atomic E-state index is 12.8. The van der Waals surface area contributed by atoms with Gasteiger partial charge in [0.05, 0.1) is 11.0 Å². The summed E-state index contributed by atoms with van der Waals surface area (Å²) in [7, 11) is -2.09. The van der Waals surface area contributed by atoms with Crippen LogP contribution in [0.5, 0.6) is 0 Å². The fraction of sp³-hybridized carbons (Fsp3) is 0.588. The molecule has 8 heteroatoms. The lowest BCUT2D eigenvalue weighted by Gasteiger charge is -2.28. The van der Waals surface area contributed by atoms with E-state index >= 15 is 0 Å². The maximum Gasteiger partial charge on any atom is 0.241 e. The van der Waals surface area contributed by atoms with E-state index < -0.39 is 16.1 Å². The fourth-order valence-electron chi connectivity index (χ4n) is 2.74. The normalized spacial score (nSPS) is 19.2. The maximum absolute atomic E-state index is 12.8. The Balaban J connectivity index is 2.11. The van der Waals surface area contributed by atoms with Gasteiger partial charge in [-0.2, -0.15) is 4.72 Å². The topological polar surface area (TPSA) is 75.7 Å². The van der Waals surface area contributed by atoms with Crippen molar-refractivity contribution < 1.29 is 17.9 Å². The summed E-state index contributed by atoms with van der Waals surface area (Å²) in [5.74, 6) is -0.421. The molecule has 1 N–H and O–H groups in total. The van der Waals surface area contributed by atoms with Gasteiger partial charge in [0.2, 0.25) is 15.9 Å². The van der Waals surface area contributed by atoms with Gasteiger partial charge >= 0.3 is 0 Å². The molecule has 0 bridgehead atoms. The number of nitrogens with zero attached hydrogens (tertiary/aromatic N) is 1. The second-order valence-corrected chi connectivity index (χ2v) is 9.28. The van der Waals surface area contributed by atoms with Crippen LogP contribution in [0.25, 0.3) is 0 Å². The van der Waals surface area contributed by atoms with Gasteiger partial charge in [0, 0.05) is 24.7 Å². The highest BCUT2D eigenvalue weighted by Crippen LogP contribution is 2.18. The van der Waals surface area contributed by atoms with Crippen molar-refractivity contribution in [1.82, 2.24) is 9.62 Å². The van der Waals surface area contributed by atoms with Crippen molar-refractivity contribution in [3.8, 4) is 0 Å².